The Hall–Kier alpha value is -4.64. The number of amides is 2. The predicted octanol–water partition coefficient (Wildman–Crippen LogP) is 5.76. The molecule has 3 aromatic carbocycles. The Morgan fingerprint density at radius 2 is 1.81 bits per heavy atom. The second kappa shape index (κ2) is 9.19. The minimum Gasteiger partial charge on any atom is -0.457 e. The summed E-state index contributed by atoms with van der Waals surface area (Å²) in [7, 11) is 0. The van der Waals surface area contributed by atoms with Crippen molar-refractivity contribution in [2.75, 3.05) is 10.6 Å². The fraction of sp³-hybridized carbons (Fsp3) is 0.214. The number of hydrogen-bond acceptors (Lipinski definition) is 5. The number of nitrogens with zero attached hydrogens (tertiary/aromatic N) is 2. The molecule has 0 unspecified atom stereocenters. The third kappa shape index (κ3) is 5.05. The molecule has 1 aliphatic carbocycles. The molecule has 0 saturated heterocycles. The highest BCUT2D eigenvalue weighted by molar-refractivity contribution is 6.04. The number of nitriles is 1. The SMILES string of the molecule is CC(C)(C#N)c1cccc(C(=O)Nc2cccc(Oc3ccc4nc(NC(=O)C5CC5)[nH]c4c3)c2)c1. The van der Waals surface area contributed by atoms with Crippen molar-refractivity contribution in [3.05, 3.63) is 77.9 Å². The van der Waals surface area contributed by atoms with Gasteiger partial charge in [0.05, 0.1) is 22.5 Å². The lowest BCUT2D eigenvalue weighted by Crippen LogP contribution is -2.17. The third-order valence-electron chi connectivity index (χ3n) is 6.10. The summed E-state index contributed by atoms with van der Waals surface area (Å²) in [4.78, 5) is 32.4. The molecule has 8 nitrogen and oxygen atoms in total. The summed E-state index contributed by atoms with van der Waals surface area (Å²) < 4.78 is 6.01. The topological polar surface area (TPSA) is 120 Å². The number of aromatic nitrogens is 2. The van der Waals surface area contributed by atoms with E-state index in [1.54, 1.807) is 48.5 Å². The Kier molecular flexibility index (Phi) is 5.90. The molecular weight excluding hydrogens is 454 g/mol. The normalized spacial score (nSPS) is 13.1. The van der Waals surface area contributed by atoms with Gasteiger partial charge in [0.15, 0.2) is 0 Å². The van der Waals surface area contributed by atoms with Gasteiger partial charge in [-0.15, -0.1) is 0 Å². The smallest absolute Gasteiger partial charge is 0.255 e. The van der Waals surface area contributed by atoms with Crippen LogP contribution in [0.3, 0.4) is 0 Å². The molecule has 36 heavy (non-hydrogen) atoms. The van der Waals surface area contributed by atoms with Crippen molar-refractivity contribution < 1.29 is 14.3 Å². The number of aromatic amines is 1. The fourth-order valence-electron chi connectivity index (χ4n) is 3.77. The highest BCUT2D eigenvalue weighted by Crippen LogP contribution is 2.31. The molecule has 3 N–H and O–H groups in total. The molecule has 0 radical (unpaired) electrons. The van der Waals surface area contributed by atoms with Gasteiger partial charge in [0.2, 0.25) is 11.9 Å². The first-order chi connectivity index (χ1) is 17.3. The Labute approximate surface area is 208 Å². The van der Waals surface area contributed by atoms with Crippen LogP contribution in [0.2, 0.25) is 0 Å². The van der Waals surface area contributed by atoms with Crippen LogP contribution in [0, 0.1) is 17.2 Å². The van der Waals surface area contributed by atoms with Gasteiger partial charge in [-0.3, -0.25) is 14.9 Å². The zero-order valence-electron chi connectivity index (χ0n) is 20.0. The van der Waals surface area contributed by atoms with E-state index in [0.717, 1.165) is 29.4 Å². The number of benzene rings is 3. The molecule has 4 aromatic rings. The largest absolute Gasteiger partial charge is 0.457 e. The van der Waals surface area contributed by atoms with E-state index in [9.17, 15) is 14.9 Å². The van der Waals surface area contributed by atoms with Gasteiger partial charge in [0.25, 0.3) is 5.91 Å². The number of rotatable bonds is 7. The van der Waals surface area contributed by atoms with E-state index in [1.807, 2.05) is 32.0 Å². The summed E-state index contributed by atoms with van der Waals surface area (Å²) in [6.07, 6.45) is 1.85. The minimum absolute atomic E-state index is 0.00936. The highest BCUT2D eigenvalue weighted by atomic mass is 16.5. The van der Waals surface area contributed by atoms with Crippen LogP contribution in [0.1, 0.15) is 42.6 Å². The first kappa shape index (κ1) is 23.1. The van der Waals surface area contributed by atoms with E-state index < -0.39 is 5.41 Å². The minimum atomic E-state index is -0.691. The van der Waals surface area contributed by atoms with Crippen LogP contribution in [0.4, 0.5) is 11.6 Å². The quantitative estimate of drug-likeness (QED) is 0.311. The van der Waals surface area contributed by atoms with Crippen LogP contribution >= 0.6 is 0 Å². The third-order valence-corrected chi connectivity index (χ3v) is 6.10. The number of ether oxygens (including phenoxy) is 1. The van der Waals surface area contributed by atoms with Gasteiger partial charge in [0, 0.05) is 29.3 Å². The lowest BCUT2D eigenvalue weighted by molar-refractivity contribution is -0.117. The van der Waals surface area contributed by atoms with E-state index in [0.29, 0.717) is 28.7 Å². The summed E-state index contributed by atoms with van der Waals surface area (Å²) >= 11 is 0. The summed E-state index contributed by atoms with van der Waals surface area (Å²) in [6.45, 7) is 3.63. The molecule has 1 saturated carbocycles. The molecular formula is C28H25N5O3. The maximum atomic E-state index is 12.8. The molecule has 5 rings (SSSR count). The van der Waals surface area contributed by atoms with E-state index in [4.69, 9.17) is 4.74 Å². The van der Waals surface area contributed by atoms with Crippen molar-refractivity contribution in [2.45, 2.75) is 32.1 Å². The highest BCUT2D eigenvalue weighted by Gasteiger charge is 2.30. The molecule has 1 fully saturated rings. The van der Waals surface area contributed by atoms with Crippen molar-refractivity contribution in [2.24, 2.45) is 5.92 Å². The average Bonchev–Trinajstić information content (AvgIpc) is 3.65. The standard InChI is InChI=1S/C28H25N5O3/c1-28(2,16-29)19-6-3-5-18(13-19)26(35)30-20-7-4-8-21(14-20)36-22-11-12-23-24(15-22)32-27(31-23)33-25(34)17-9-10-17/h3-8,11-15,17H,9-10H2,1-2H3,(H,30,35)(H2,31,32,33,34). The van der Waals surface area contributed by atoms with Gasteiger partial charge in [-0.2, -0.15) is 5.26 Å². The van der Waals surface area contributed by atoms with Gasteiger partial charge >= 0.3 is 0 Å². The molecule has 2 amide bonds. The molecule has 1 heterocycles. The van der Waals surface area contributed by atoms with Gasteiger partial charge in [-0.1, -0.05) is 18.2 Å². The Morgan fingerprint density at radius 1 is 1.03 bits per heavy atom. The monoisotopic (exact) mass is 479 g/mol. The first-order valence-corrected chi connectivity index (χ1v) is 11.7. The van der Waals surface area contributed by atoms with Crippen molar-refractivity contribution in [1.82, 2.24) is 9.97 Å². The van der Waals surface area contributed by atoms with Gasteiger partial charge in [-0.25, -0.2) is 4.98 Å². The van der Waals surface area contributed by atoms with Crippen LogP contribution in [0.5, 0.6) is 11.5 Å². The molecule has 1 aliphatic rings. The number of carbonyl (C=O) groups excluding carboxylic acids is 2. The Bertz CT molecular complexity index is 1510. The Balaban J connectivity index is 1.28. The van der Waals surface area contributed by atoms with Crippen LogP contribution in [-0.2, 0) is 10.2 Å². The molecule has 0 spiro atoms. The second-order valence-corrected chi connectivity index (χ2v) is 9.43. The second-order valence-electron chi connectivity index (χ2n) is 9.43. The number of hydrogen-bond donors (Lipinski definition) is 3. The fourth-order valence-corrected chi connectivity index (χ4v) is 3.77. The van der Waals surface area contributed by atoms with E-state index >= 15 is 0 Å². The van der Waals surface area contributed by atoms with Gasteiger partial charge in [-0.05, 0) is 68.7 Å². The van der Waals surface area contributed by atoms with Crippen LogP contribution in [0.15, 0.2) is 66.7 Å². The molecule has 8 heteroatoms. The maximum Gasteiger partial charge on any atom is 0.255 e. The zero-order valence-corrected chi connectivity index (χ0v) is 20.0. The van der Waals surface area contributed by atoms with Gasteiger partial charge < -0.3 is 15.0 Å². The first-order valence-electron chi connectivity index (χ1n) is 11.7. The van der Waals surface area contributed by atoms with Crippen molar-refractivity contribution >= 4 is 34.5 Å². The number of fused-ring (bicyclic) bond motifs is 1. The molecule has 0 aliphatic heterocycles. The van der Waals surface area contributed by atoms with E-state index in [1.165, 1.54) is 0 Å². The Morgan fingerprint density at radius 3 is 2.58 bits per heavy atom. The summed E-state index contributed by atoms with van der Waals surface area (Å²) in [5.74, 6) is 1.37. The number of H-pyrrole nitrogens is 1. The summed E-state index contributed by atoms with van der Waals surface area (Å²) in [5.41, 5.74) is 2.59. The van der Waals surface area contributed by atoms with E-state index in [-0.39, 0.29) is 17.7 Å². The lowest BCUT2D eigenvalue weighted by atomic mass is 9.85. The predicted molar refractivity (Wildman–Crippen MR) is 137 cm³/mol. The summed E-state index contributed by atoms with van der Waals surface area (Å²) in [5, 5.41) is 15.1. The number of nitrogens with one attached hydrogen (secondary N) is 3. The lowest BCUT2D eigenvalue weighted by Gasteiger charge is -2.16. The molecule has 180 valence electrons. The molecule has 0 atom stereocenters. The van der Waals surface area contributed by atoms with Crippen molar-refractivity contribution in [3.63, 3.8) is 0 Å². The van der Waals surface area contributed by atoms with Gasteiger partial charge in [0.1, 0.15) is 11.5 Å². The number of anilines is 2. The summed E-state index contributed by atoms with van der Waals surface area (Å²) in [6, 6.07) is 21.8. The van der Waals surface area contributed by atoms with E-state index in [2.05, 4.69) is 26.7 Å². The number of imidazole rings is 1. The van der Waals surface area contributed by atoms with Crippen LogP contribution in [-0.4, -0.2) is 21.8 Å². The molecule has 1 aromatic heterocycles. The average molecular weight is 480 g/mol. The van der Waals surface area contributed by atoms with Crippen LogP contribution < -0.4 is 15.4 Å². The zero-order chi connectivity index (χ0) is 25.3. The van der Waals surface area contributed by atoms with Crippen molar-refractivity contribution in [1.29, 1.82) is 5.26 Å². The number of carbonyl (C=O) groups is 2. The maximum absolute atomic E-state index is 12.8. The van der Waals surface area contributed by atoms with Crippen LogP contribution in [0.25, 0.3) is 11.0 Å². The van der Waals surface area contributed by atoms with Crippen molar-refractivity contribution in [3.8, 4) is 17.6 Å². The molecule has 0 bridgehead atoms.